The van der Waals surface area contributed by atoms with Crippen LogP contribution in [0, 0.1) is 12.8 Å². The molecule has 1 amide bonds. The zero-order valence-corrected chi connectivity index (χ0v) is 16.2. The molecule has 2 aromatic carbocycles. The first-order valence-electron chi connectivity index (χ1n) is 9.13. The van der Waals surface area contributed by atoms with Crippen LogP contribution in [0.4, 0.5) is 5.69 Å². The minimum Gasteiger partial charge on any atom is -0.352 e. The van der Waals surface area contributed by atoms with Crippen molar-refractivity contribution in [3.63, 3.8) is 0 Å². The zero-order valence-electron chi connectivity index (χ0n) is 15.4. The first-order valence-corrected chi connectivity index (χ1v) is 10.6. The summed E-state index contributed by atoms with van der Waals surface area (Å²) in [5.41, 5.74) is 1.84. The normalized spacial score (nSPS) is 16.9. The van der Waals surface area contributed by atoms with Crippen LogP contribution in [0.25, 0.3) is 0 Å². The Hall–Kier alpha value is -2.38. The number of aryl methyl sites for hydroxylation is 1. The molecule has 6 nitrogen and oxygen atoms in total. The predicted octanol–water partition coefficient (Wildman–Crippen LogP) is 2.53. The van der Waals surface area contributed by atoms with Crippen LogP contribution in [0.15, 0.2) is 53.4 Å². The maximum atomic E-state index is 12.5. The number of carbonyl (C=O) groups excluding carboxylic acids is 1. The van der Waals surface area contributed by atoms with E-state index in [0.717, 1.165) is 31.5 Å². The predicted molar refractivity (Wildman–Crippen MR) is 106 cm³/mol. The molecule has 3 rings (SSSR count). The number of hydrogen-bond donors (Lipinski definition) is 3. The lowest BCUT2D eigenvalue weighted by Gasteiger charge is -2.11. The van der Waals surface area contributed by atoms with Gasteiger partial charge in [0.1, 0.15) is 0 Å². The van der Waals surface area contributed by atoms with E-state index in [1.54, 1.807) is 24.3 Å². The Bertz CT molecular complexity index is 889. The highest BCUT2D eigenvalue weighted by atomic mass is 32.2. The van der Waals surface area contributed by atoms with Crippen LogP contribution < -0.4 is 15.4 Å². The summed E-state index contributed by atoms with van der Waals surface area (Å²) < 4.78 is 27.7. The largest absolute Gasteiger partial charge is 0.352 e. The molecule has 1 aliphatic heterocycles. The minimum atomic E-state index is -3.69. The smallest absolute Gasteiger partial charge is 0.261 e. The number of carbonyl (C=O) groups is 1. The maximum Gasteiger partial charge on any atom is 0.261 e. The van der Waals surface area contributed by atoms with Gasteiger partial charge in [0.2, 0.25) is 0 Å². The summed E-state index contributed by atoms with van der Waals surface area (Å²) in [5.74, 6) is 0.433. The number of rotatable bonds is 7. The van der Waals surface area contributed by atoms with E-state index in [9.17, 15) is 13.2 Å². The molecule has 0 bridgehead atoms. The summed E-state index contributed by atoms with van der Waals surface area (Å²) in [6, 6.07) is 13.2. The summed E-state index contributed by atoms with van der Waals surface area (Å²) in [6.45, 7) is 4.52. The molecule has 27 heavy (non-hydrogen) atoms. The van der Waals surface area contributed by atoms with Gasteiger partial charge in [0.25, 0.3) is 15.9 Å². The van der Waals surface area contributed by atoms with Gasteiger partial charge in [0.15, 0.2) is 0 Å². The molecule has 144 valence electrons. The summed E-state index contributed by atoms with van der Waals surface area (Å²) in [7, 11) is -3.69. The van der Waals surface area contributed by atoms with E-state index in [2.05, 4.69) is 15.4 Å². The van der Waals surface area contributed by atoms with Gasteiger partial charge in [-0.05, 0) is 74.7 Å². The average Bonchev–Trinajstić information content (AvgIpc) is 3.17. The average molecular weight is 388 g/mol. The first-order chi connectivity index (χ1) is 13.0. The molecular weight excluding hydrogens is 362 g/mol. The van der Waals surface area contributed by atoms with Crippen molar-refractivity contribution in [3.8, 4) is 0 Å². The van der Waals surface area contributed by atoms with Crippen LogP contribution >= 0.6 is 0 Å². The second kappa shape index (κ2) is 8.54. The maximum absolute atomic E-state index is 12.5. The van der Waals surface area contributed by atoms with Gasteiger partial charge < -0.3 is 10.6 Å². The van der Waals surface area contributed by atoms with Gasteiger partial charge in [-0.2, -0.15) is 0 Å². The van der Waals surface area contributed by atoms with Gasteiger partial charge in [-0.15, -0.1) is 0 Å². The van der Waals surface area contributed by atoms with Gasteiger partial charge in [-0.25, -0.2) is 8.42 Å². The number of sulfonamides is 1. The molecule has 2 aromatic rings. The summed E-state index contributed by atoms with van der Waals surface area (Å²) in [4.78, 5) is 12.3. The van der Waals surface area contributed by atoms with Crippen molar-refractivity contribution in [3.05, 3.63) is 59.7 Å². The highest BCUT2D eigenvalue weighted by Crippen LogP contribution is 2.19. The van der Waals surface area contributed by atoms with Gasteiger partial charge in [0.05, 0.1) is 10.6 Å². The quantitative estimate of drug-likeness (QED) is 0.681. The molecule has 7 heteroatoms. The van der Waals surface area contributed by atoms with E-state index in [1.165, 1.54) is 12.1 Å². The Labute approximate surface area is 160 Å². The van der Waals surface area contributed by atoms with Crippen molar-refractivity contribution < 1.29 is 13.2 Å². The summed E-state index contributed by atoms with van der Waals surface area (Å²) in [5, 5.41) is 6.21. The Kier molecular flexibility index (Phi) is 6.13. The Morgan fingerprint density at radius 3 is 2.56 bits per heavy atom. The molecule has 1 heterocycles. The van der Waals surface area contributed by atoms with Crippen LogP contribution in [0.3, 0.4) is 0 Å². The topological polar surface area (TPSA) is 87.3 Å². The molecule has 0 radical (unpaired) electrons. The molecule has 1 fully saturated rings. The molecule has 0 aromatic heterocycles. The third-order valence-electron chi connectivity index (χ3n) is 4.82. The fourth-order valence-corrected chi connectivity index (χ4v) is 4.26. The van der Waals surface area contributed by atoms with Crippen LogP contribution in [0.5, 0.6) is 0 Å². The molecule has 3 N–H and O–H groups in total. The van der Waals surface area contributed by atoms with Crippen LogP contribution in [0.2, 0.25) is 0 Å². The SMILES string of the molecule is Cc1ccccc1NS(=O)(=O)c1ccc(C(=O)NCCC2CCNC2)cc1. The van der Waals surface area contributed by atoms with E-state index in [0.29, 0.717) is 23.7 Å². The van der Waals surface area contributed by atoms with E-state index in [-0.39, 0.29) is 10.8 Å². The number of nitrogens with one attached hydrogen (secondary N) is 3. The van der Waals surface area contributed by atoms with Gasteiger partial charge >= 0.3 is 0 Å². The Balaban J connectivity index is 1.60. The van der Waals surface area contributed by atoms with Gasteiger partial charge in [0, 0.05) is 12.1 Å². The van der Waals surface area contributed by atoms with Gasteiger partial charge in [-0.1, -0.05) is 18.2 Å². The van der Waals surface area contributed by atoms with Crippen molar-refractivity contribution >= 4 is 21.6 Å². The zero-order chi connectivity index (χ0) is 19.3. The number of hydrogen-bond acceptors (Lipinski definition) is 4. The Morgan fingerprint density at radius 2 is 1.89 bits per heavy atom. The summed E-state index contributed by atoms with van der Waals surface area (Å²) in [6.07, 6.45) is 2.10. The molecule has 0 aliphatic carbocycles. The first kappa shape index (κ1) is 19.4. The van der Waals surface area contributed by atoms with Gasteiger partial charge in [-0.3, -0.25) is 9.52 Å². The van der Waals surface area contributed by atoms with E-state index in [4.69, 9.17) is 0 Å². The highest BCUT2D eigenvalue weighted by molar-refractivity contribution is 7.92. The number of benzene rings is 2. The lowest BCUT2D eigenvalue weighted by Crippen LogP contribution is -2.26. The molecule has 0 spiro atoms. The minimum absolute atomic E-state index is 0.124. The molecule has 1 saturated heterocycles. The molecule has 0 saturated carbocycles. The second-order valence-electron chi connectivity index (χ2n) is 6.85. The second-order valence-corrected chi connectivity index (χ2v) is 8.53. The Morgan fingerprint density at radius 1 is 1.15 bits per heavy atom. The number of para-hydroxylation sites is 1. The lowest BCUT2D eigenvalue weighted by atomic mass is 10.1. The van der Waals surface area contributed by atoms with Crippen LogP contribution in [-0.4, -0.2) is 34.0 Å². The van der Waals surface area contributed by atoms with Crippen molar-refractivity contribution in [2.75, 3.05) is 24.4 Å². The summed E-state index contributed by atoms with van der Waals surface area (Å²) >= 11 is 0. The molecule has 1 aliphatic rings. The van der Waals surface area contributed by atoms with Crippen molar-refractivity contribution in [1.29, 1.82) is 0 Å². The fraction of sp³-hybridized carbons (Fsp3) is 0.350. The standard InChI is InChI=1S/C20H25N3O3S/c1-15-4-2-3-5-19(15)23-27(25,26)18-8-6-17(7-9-18)20(24)22-13-11-16-10-12-21-14-16/h2-9,16,21,23H,10-14H2,1H3,(H,22,24). The number of amides is 1. The molecule has 1 unspecified atom stereocenters. The monoisotopic (exact) mass is 387 g/mol. The lowest BCUT2D eigenvalue weighted by molar-refractivity contribution is 0.0951. The van der Waals surface area contributed by atoms with E-state index >= 15 is 0 Å². The van der Waals surface area contributed by atoms with Crippen molar-refractivity contribution in [2.24, 2.45) is 5.92 Å². The third-order valence-corrected chi connectivity index (χ3v) is 6.20. The van der Waals surface area contributed by atoms with Crippen molar-refractivity contribution in [2.45, 2.75) is 24.7 Å². The van der Waals surface area contributed by atoms with E-state index in [1.807, 2.05) is 19.1 Å². The van der Waals surface area contributed by atoms with E-state index < -0.39 is 10.0 Å². The fourth-order valence-electron chi connectivity index (χ4n) is 3.13. The number of anilines is 1. The van der Waals surface area contributed by atoms with Crippen molar-refractivity contribution in [1.82, 2.24) is 10.6 Å². The highest BCUT2D eigenvalue weighted by Gasteiger charge is 2.17. The molecule has 1 atom stereocenters. The van der Waals surface area contributed by atoms with Crippen LogP contribution in [0.1, 0.15) is 28.8 Å². The molecular formula is C20H25N3O3S. The third kappa shape index (κ3) is 5.08. The van der Waals surface area contributed by atoms with Crippen LogP contribution in [-0.2, 0) is 10.0 Å².